The number of nitrogens with one attached hydrogen (secondary N) is 1. The van der Waals surface area contributed by atoms with Gasteiger partial charge < -0.3 is 10.1 Å². The minimum Gasteiger partial charge on any atom is -0.375 e. The van der Waals surface area contributed by atoms with Gasteiger partial charge in [-0.25, -0.2) is 0 Å². The fourth-order valence-electron chi connectivity index (χ4n) is 3.11. The van der Waals surface area contributed by atoms with E-state index in [1.165, 1.54) is 82.1 Å². The number of hydrogen-bond acceptors (Lipinski definition) is 3. The van der Waals surface area contributed by atoms with Crippen LogP contribution in [0.3, 0.4) is 0 Å². The Hall–Kier alpha value is 0.270. The van der Waals surface area contributed by atoms with E-state index < -0.39 is 0 Å². The van der Waals surface area contributed by atoms with E-state index in [1.54, 1.807) is 0 Å². The van der Waals surface area contributed by atoms with Crippen molar-refractivity contribution in [2.45, 2.75) is 89.7 Å². The van der Waals surface area contributed by atoms with Gasteiger partial charge in [-0.15, -0.1) is 0 Å². The summed E-state index contributed by atoms with van der Waals surface area (Å²) in [6.07, 6.45) is 15.9. The fraction of sp³-hybridized carbons (Fsp3) is 1.00. The van der Waals surface area contributed by atoms with Crippen LogP contribution >= 0.6 is 11.8 Å². The molecule has 0 spiro atoms. The maximum Gasteiger partial charge on any atom is 0.0818 e. The van der Waals surface area contributed by atoms with Crippen LogP contribution in [0.5, 0.6) is 0 Å². The standard InChI is InChI=1S/C18H37NOS/c1-3-4-5-6-7-8-9-10-11-12-13-17(19-2)18-16-21-15-14-20-18/h17-19H,3-16H2,1-2H3. The average Bonchev–Trinajstić information content (AvgIpc) is 2.54. The molecule has 21 heavy (non-hydrogen) atoms. The molecule has 0 saturated carbocycles. The molecule has 1 saturated heterocycles. The average molecular weight is 316 g/mol. The van der Waals surface area contributed by atoms with Crippen LogP contribution in [-0.4, -0.2) is 37.3 Å². The highest BCUT2D eigenvalue weighted by molar-refractivity contribution is 7.99. The van der Waals surface area contributed by atoms with Crippen LogP contribution in [0, 0.1) is 0 Å². The molecule has 3 heteroatoms. The first-order valence-electron chi connectivity index (χ1n) is 9.25. The molecule has 0 aromatic rings. The van der Waals surface area contributed by atoms with Gasteiger partial charge in [0.15, 0.2) is 0 Å². The predicted molar refractivity (Wildman–Crippen MR) is 96.4 cm³/mol. The lowest BCUT2D eigenvalue weighted by Crippen LogP contribution is -2.43. The summed E-state index contributed by atoms with van der Waals surface area (Å²) in [6.45, 7) is 3.22. The Kier molecular flexibility index (Phi) is 12.8. The molecular formula is C18H37NOS. The summed E-state index contributed by atoms with van der Waals surface area (Å²) in [4.78, 5) is 0. The lowest BCUT2D eigenvalue weighted by atomic mass is 10.0. The smallest absolute Gasteiger partial charge is 0.0818 e. The van der Waals surface area contributed by atoms with Gasteiger partial charge >= 0.3 is 0 Å². The van der Waals surface area contributed by atoms with Gasteiger partial charge in [0.25, 0.3) is 0 Å². The number of thioether (sulfide) groups is 1. The van der Waals surface area contributed by atoms with E-state index >= 15 is 0 Å². The maximum atomic E-state index is 5.89. The summed E-state index contributed by atoms with van der Waals surface area (Å²) >= 11 is 2.04. The van der Waals surface area contributed by atoms with Crippen LogP contribution in [0.1, 0.15) is 77.6 Å². The first-order chi connectivity index (χ1) is 10.4. The summed E-state index contributed by atoms with van der Waals surface area (Å²) in [7, 11) is 2.09. The van der Waals surface area contributed by atoms with Gasteiger partial charge in [0.1, 0.15) is 0 Å². The Labute approximate surface area is 137 Å². The molecule has 0 bridgehead atoms. The van der Waals surface area contributed by atoms with Gasteiger partial charge in [0.2, 0.25) is 0 Å². The largest absolute Gasteiger partial charge is 0.375 e. The molecule has 1 aliphatic heterocycles. The normalized spacial score (nSPS) is 20.6. The molecule has 1 aliphatic rings. The molecule has 1 rings (SSSR count). The molecule has 2 unspecified atom stereocenters. The van der Waals surface area contributed by atoms with E-state index in [0.717, 1.165) is 6.61 Å². The molecule has 2 nitrogen and oxygen atoms in total. The van der Waals surface area contributed by atoms with E-state index in [-0.39, 0.29) is 0 Å². The first-order valence-corrected chi connectivity index (χ1v) is 10.4. The lowest BCUT2D eigenvalue weighted by molar-refractivity contribution is 0.0462. The summed E-state index contributed by atoms with van der Waals surface area (Å²) < 4.78 is 5.89. The van der Waals surface area contributed by atoms with Gasteiger partial charge in [-0.3, -0.25) is 0 Å². The highest BCUT2D eigenvalue weighted by Gasteiger charge is 2.22. The molecular weight excluding hydrogens is 278 g/mol. The van der Waals surface area contributed by atoms with E-state index in [1.807, 2.05) is 11.8 Å². The van der Waals surface area contributed by atoms with Crippen molar-refractivity contribution in [2.75, 3.05) is 25.2 Å². The number of unbranched alkanes of at least 4 members (excludes halogenated alkanes) is 9. The number of hydrogen-bond donors (Lipinski definition) is 1. The highest BCUT2D eigenvalue weighted by Crippen LogP contribution is 2.19. The fourth-order valence-corrected chi connectivity index (χ4v) is 4.05. The molecule has 126 valence electrons. The minimum absolute atomic E-state index is 0.437. The summed E-state index contributed by atoms with van der Waals surface area (Å²) in [5.74, 6) is 2.34. The Balaban J connectivity index is 1.90. The number of rotatable bonds is 13. The van der Waals surface area contributed by atoms with Crippen molar-refractivity contribution in [2.24, 2.45) is 0 Å². The Morgan fingerprint density at radius 1 is 1.00 bits per heavy atom. The van der Waals surface area contributed by atoms with E-state index in [2.05, 4.69) is 19.3 Å². The third-order valence-corrected chi connectivity index (χ3v) is 5.55. The van der Waals surface area contributed by atoms with Gasteiger partial charge in [0.05, 0.1) is 12.7 Å². The maximum absolute atomic E-state index is 5.89. The monoisotopic (exact) mass is 315 g/mol. The molecule has 1 N–H and O–H groups in total. The van der Waals surface area contributed by atoms with Crippen molar-refractivity contribution in [1.29, 1.82) is 0 Å². The molecule has 0 aromatic carbocycles. The van der Waals surface area contributed by atoms with Crippen molar-refractivity contribution >= 4 is 11.8 Å². The Morgan fingerprint density at radius 3 is 2.14 bits per heavy atom. The second kappa shape index (κ2) is 13.9. The second-order valence-corrected chi connectivity index (χ2v) is 7.50. The topological polar surface area (TPSA) is 21.3 Å². The third kappa shape index (κ3) is 9.80. The first kappa shape index (κ1) is 19.3. The zero-order valence-electron chi connectivity index (χ0n) is 14.4. The van der Waals surface area contributed by atoms with Crippen molar-refractivity contribution in [3.8, 4) is 0 Å². The zero-order valence-corrected chi connectivity index (χ0v) is 15.2. The molecule has 1 heterocycles. The van der Waals surface area contributed by atoms with Gasteiger partial charge in [-0.1, -0.05) is 71.1 Å². The molecule has 0 aliphatic carbocycles. The predicted octanol–water partition coefficient (Wildman–Crippen LogP) is 5.02. The Morgan fingerprint density at radius 2 is 1.62 bits per heavy atom. The van der Waals surface area contributed by atoms with Crippen molar-refractivity contribution in [3.05, 3.63) is 0 Å². The minimum atomic E-state index is 0.437. The van der Waals surface area contributed by atoms with E-state index in [0.29, 0.717) is 12.1 Å². The van der Waals surface area contributed by atoms with Crippen molar-refractivity contribution in [1.82, 2.24) is 5.32 Å². The Bertz CT molecular complexity index is 219. The van der Waals surface area contributed by atoms with Gasteiger partial charge in [-0.05, 0) is 13.5 Å². The molecule has 0 amide bonds. The second-order valence-electron chi connectivity index (χ2n) is 6.35. The quantitative estimate of drug-likeness (QED) is 0.482. The van der Waals surface area contributed by atoms with Crippen LogP contribution < -0.4 is 5.32 Å². The SMILES string of the molecule is CCCCCCCCCCCCC(NC)C1CSCCO1. The highest BCUT2D eigenvalue weighted by atomic mass is 32.2. The van der Waals surface area contributed by atoms with Crippen LogP contribution in [0.2, 0.25) is 0 Å². The summed E-state index contributed by atoms with van der Waals surface area (Å²) in [5, 5.41) is 3.46. The van der Waals surface area contributed by atoms with Crippen molar-refractivity contribution in [3.63, 3.8) is 0 Å². The van der Waals surface area contributed by atoms with Crippen LogP contribution in [-0.2, 0) is 4.74 Å². The molecule has 0 aromatic heterocycles. The molecule has 1 fully saturated rings. The number of ether oxygens (including phenoxy) is 1. The van der Waals surface area contributed by atoms with Gasteiger partial charge in [0, 0.05) is 17.5 Å². The van der Waals surface area contributed by atoms with Crippen LogP contribution in [0.25, 0.3) is 0 Å². The zero-order chi connectivity index (χ0) is 15.2. The van der Waals surface area contributed by atoms with Crippen LogP contribution in [0.4, 0.5) is 0 Å². The van der Waals surface area contributed by atoms with E-state index in [4.69, 9.17) is 4.74 Å². The van der Waals surface area contributed by atoms with Gasteiger partial charge in [-0.2, -0.15) is 11.8 Å². The lowest BCUT2D eigenvalue weighted by Gasteiger charge is -2.30. The van der Waals surface area contributed by atoms with Crippen LogP contribution in [0.15, 0.2) is 0 Å². The third-order valence-electron chi connectivity index (χ3n) is 4.53. The molecule has 0 radical (unpaired) electrons. The van der Waals surface area contributed by atoms with Crippen molar-refractivity contribution < 1.29 is 4.74 Å². The number of likely N-dealkylation sites (N-methyl/N-ethyl adjacent to an activating group) is 1. The van der Waals surface area contributed by atoms with E-state index in [9.17, 15) is 0 Å². The molecule has 2 atom stereocenters. The summed E-state index contributed by atoms with van der Waals surface area (Å²) in [5.41, 5.74) is 0. The summed E-state index contributed by atoms with van der Waals surface area (Å²) in [6, 6.07) is 0.562.